The van der Waals surface area contributed by atoms with Gasteiger partial charge in [-0.05, 0) is 43.4 Å². The maximum atomic E-state index is 13.6. The zero-order chi connectivity index (χ0) is 26.7. The lowest BCUT2D eigenvalue weighted by Gasteiger charge is -2.20. The summed E-state index contributed by atoms with van der Waals surface area (Å²) in [7, 11) is 1.58. The molecule has 0 saturated carbocycles. The van der Waals surface area contributed by atoms with Crippen molar-refractivity contribution in [1.82, 2.24) is 24.8 Å². The molecule has 0 atom stereocenters. The second-order valence-electron chi connectivity index (χ2n) is 8.07. The summed E-state index contributed by atoms with van der Waals surface area (Å²) in [5.41, 5.74) is 1.34. The molecule has 4 rings (SSSR count). The number of nitrogens with one attached hydrogen (secondary N) is 3. The summed E-state index contributed by atoms with van der Waals surface area (Å²) < 4.78 is 46.4. The van der Waals surface area contributed by atoms with Crippen LogP contribution >= 0.6 is 23.2 Å². The van der Waals surface area contributed by atoms with Crippen LogP contribution in [0, 0.1) is 0 Å². The minimum absolute atomic E-state index is 0.0500. The number of H-pyrrole nitrogens is 1. The number of imidazole rings is 1. The Morgan fingerprint density at radius 3 is 2.38 bits per heavy atom. The van der Waals surface area contributed by atoms with E-state index in [1.54, 1.807) is 31.4 Å². The van der Waals surface area contributed by atoms with Crippen LogP contribution in [-0.4, -0.2) is 45.0 Å². The number of nitrogens with zero attached hydrogens (tertiary/aromatic N) is 4. The van der Waals surface area contributed by atoms with Crippen LogP contribution in [0.3, 0.4) is 0 Å². The first-order chi connectivity index (χ1) is 17.6. The Bertz CT molecular complexity index is 1370. The van der Waals surface area contributed by atoms with E-state index >= 15 is 0 Å². The molecule has 2 aromatic heterocycles. The number of anilines is 4. The van der Waals surface area contributed by atoms with Gasteiger partial charge in [0.2, 0.25) is 11.9 Å². The maximum Gasteiger partial charge on any atom is 0.433 e. The van der Waals surface area contributed by atoms with Crippen molar-refractivity contribution >= 4 is 57.6 Å². The Morgan fingerprint density at radius 1 is 0.973 bits per heavy atom. The third-order valence-corrected chi connectivity index (χ3v) is 6.33. The van der Waals surface area contributed by atoms with Gasteiger partial charge in [0.05, 0.1) is 28.2 Å². The quantitative estimate of drug-likeness (QED) is 0.205. The second kappa shape index (κ2) is 11.0. The van der Waals surface area contributed by atoms with Crippen molar-refractivity contribution in [2.24, 2.45) is 0 Å². The summed E-state index contributed by atoms with van der Waals surface area (Å²) in [5, 5.41) is 6.27. The Labute approximate surface area is 221 Å². The van der Waals surface area contributed by atoms with Gasteiger partial charge in [-0.1, -0.05) is 37.0 Å². The van der Waals surface area contributed by atoms with Crippen molar-refractivity contribution in [2.75, 3.05) is 30.8 Å². The number of ether oxygens (including phenoxy) is 1. The number of alkyl halides is 3. The van der Waals surface area contributed by atoms with Gasteiger partial charge in [-0.25, -0.2) is 9.97 Å². The number of rotatable bonds is 9. The molecule has 2 aromatic carbocycles. The molecule has 13 heteroatoms. The highest BCUT2D eigenvalue weighted by Crippen LogP contribution is 2.33. The highest BCUT2D eigenvalue weighted by atomic mass is 35.5. The molecule has 0 bridgehead atoms. The normalized spacial score (nSPS) is 11.8. The highest BCUT2D eigenvalue weighted by molar-refractivity contribution is 6.42. The first-order valence-corrected chi connectivity index (χ1v) is 12.1. The van der Waals surface area contributed by atoms with E-state index in [1.165, 1.54) is 0 Å². The summed E-state index contributed by atoms with van der Waals surface area (Å²) in [5.74, 6) is 0.463. The molecule has 0 fully saturated rings. The van der Waals surface area contributed by atoms with E-state index in [1.807, 2.05) is 6.07 Å². The molecule has 196 valence electrons. The molecule has 0 amide bonds. The summed E-state index contributed by atoms with van der Waals surface area (Å²) >= 11 is 12.1. The Balaban J connectivity index is 1.66. The molecule has 0 unspecified atom stereocenters. The predicted molar refractivity (Wildman–Crippen MR) is 139 cm³/mol. The monoisotopic (exact) mass is 553 g/mol. The van der Waals surface area contributed by atoms with Crippen LogP contribution in [0.2, 0.25) is 10.0 Å². The zero-order valence-electron chi connectivity index (χ0n) is 20.2. The molecule has 0 aliphatic rings. The lowest BCUT2D eigenvalue weighted by Crippen LogP contribution is -2.22. The van der Waals surface area contributed by atoms with Gasteiger partial charge in [-0.2, -0.15) is 18.2 Å². The third kappa shape index (κ3) is 6.35. The molecule has 3 N–H and O–H groups in total. The van der Waals surface area contributed by atoms with Crippen LogP contribution in [0.25, 0.3) is 11.0 Å². The van der Waals surface area contributed by atoms with Crippen LogP contribution in [0.5, 0.6) is 5.75 Å². The summed E-state index contributed by atoms with van der Waals surface area (Å²) in [4.78, 5) is 17.2. The van der Waals surface area contributed by atoms with Crippen LogP contribution in [0.4, 0.5) is 36.6 Å². The highest BCUT2D eigenvalue weighted by Gasteiger charge is 2.34. The number of hydrogen-bond donors (Lipinski definition) is 3. The van der Waals surface area contributed by atoms with Crippen molar-refractivity contribution in [3.05, 3.63) is 57.7 Å². The first-order valence-electron chi connectivity index (χ1n) is 11.3. The third-order valence-electron chi connectivity index (χ3n) is 5.61. The number of methoxy groups -OCH3 is 1. The van der Waals surface area contributed by atoms with E-state index in [4.69, 9.17) is 27.9 Å². The molecule has 4 aromatic rings. The van der Waals surface area contributed by atoms with Gasteiger partial charge in [0, 0.05) is 23.9 Å². The summed E-state index contributed by atoms with van der Waals surface area (Å²) in [6.45, 7) is 6.41. The van der Waals surface area contributed by atoms with E-state index in [-0.39, 0.29) is 17.7 Å². The van der Waals surface area contributed by atoms with Crippen molar-refractivity contribution in [2.45, 2.75) is 26.6 Å². The van der Waals surface area contributed by atoms with Gasteiger partial charge >= 0.3 is 6.18 Å². The number of fused-ring (bicyclic) bond motifs is 1. The molecule has 8 nitrogen and oxygen atoms in total. The Hall–Kier alpha value is -3.28. The average Bonchev–Trinajstić information content (AvgIpc) is 3.22. The average molecular weight is 554 g/mol. The van der Waals surface area contributed by atoms with Crippen LogP contribution in [0.1, 0.15) is 25.1 Å². The minimum Gasteiger partial charge on any atom is -0.496 e. The van der Waals surface area contributed by atoms with Crippen LogP contribution < -0.4 is 15.4 Å². The topological polar surface area (TPSA) is 91.0 Å². The molecular weight excluding hydrogens is 530 g/mol. The number of hydrogen-bond acceptors (Lipinski definition) is 7. The van der Waals surface area contributed by atoms with Crippen molar-refractivity contribution in [3.8, 4) is 5.75 Å². The summed E-state index contributed by atoms with van der Waals surface area (Å²) in [6, 6.07) is 9.25. The van der Waals surface area contributed by atoms with Crippen molar-refractivity contribution < 1.29 is 17.9 Å². The SMILES string of the molecule is CCN(CC)Cc1cc(Nc2cc(C(F)(F)F)nc(Nc3nc4cc(Cl)c(Cl)cc4[nH]3)n2)ccc1OC. The predicted octanol–water partition coefficient (Wildman–Crippen LogP) is 7.02. The minimum atomic E-state index is -4.70. The molecule has 0 aliphatic carbocycles. The molecular formula is C24H24Cl2F3N7O. The lowest BCUT2D eigenvalue weighted by molar-refractivity contribution is -0.141. The second-order valence-corrected chi connectivity index (χ2v) is 8.88. The number of aromatic nitrogens is 4. The molecule has 0 saturated heterocycles. The smallest absolute Gasteiger partial charge is 0.433 e. The fourth-order valence-corrected chi connectivity index (χ4v) is 4.02. The van der Waals surface area contributed by atoms with Crippen LogP contribution in [-0.2, 0) is 12.7 Å². The van der Waals surface area contributed by atoms with Crippen molar-refractivity contribution in [1.29, 1.82) is 0 Å². The van der Waals surface area contributed by atoms with Gasteiger partial charge in [0.15, 0.2) is 5.69 Å². The largest absolute Gasteiger partial charge is 0.496 e. The molecule has 0 aliphatic heterocycles. The standard InChI is InChI=1S/C24H24Cl2F3N7O/c1-4-36(5-2)12-13-8-14(6-7-19(13)37-3)30-21-11-20(24(27,28)29)33-23(34-21)35-22-31-17-9-15(25)16(26)10-18(17)32-22/h6-11H,4-5,12H2,1-3H3,(H3,30,31,32,33,34,35). The molecule has 0 radical (unpaired) electrons. The first kappa shape index (κ1) is 26.8. The van der Waals surface area contributed by atoms with Crippen LogP contribution in [0.15, 0.2) is 36.4 Å². The van der Waals surface area contributed by atoms with Gasteiger partial charge in [0.25, 0.3) is 0 Å². The fraction of sp³-hybridized carbons (Fsp3) is 0.292. The molecule has 0 spiro atoms. The number of halogens is 5. The van der Waals surface area contributed by atoms with Gasteiger partial charge < -0.3 is 15.0 Å². The van der Waals surface area contributed by atoms with Crippen molar-refractivity contribution in [3.63, 3.8) is 0 Å². The number of aromatic amines is 1. The van der Waals surface area contributed by atoms with E-state index in [9.17, 15) is 13.2 Å². The molecule has 2 heterocycles. The van der Waals surface area contributed by atoms with Gasteiger partial charge in [-0.15, -0.1) is 0 Å². The fourth-order valence-electron chi connectivity index (χ4n) is 3.70. The van der Waals surface area contributed by atoms with E-state index < -0.39 is 11.9 Å². The van der Waals surface area contributed by atoms with E-state index in [0.717, 1.165) is 24.7 Å². The summed E-state index contributed by atoms with van der Waals surface area (Å²) in [6.07, 6.45) is -4.70. The van der Waals surface area contributed by atoms with E-state index in [2.05, 4.69) is 49.3 Å². The van der Waals surface area contributed by atoms with E-state index in [0.29, 0.717) is 39.1 Å². The maximum absolute atomic E-state index is 13.6. The lowest BCUT2D eigenvalue weighted by atomic mass is 10.1. The molecule has 37 heavy (non-hydrogen) atoms. The number of benzene rings is 2. The Morgan fingerprint density at radius 2 is 1.70 bits per heavy atom. The van der Waals surface area contributed by atoms with Gasteiger partial charge in [0.1, 0.15) is 11.6 Å². The van der Waals surface area contributed by atoms with Gasteiger partial charge in [-0.3, -0.25) is 10.2 Å². The zero-order valence-corrected chi connectivity index (χ0v) is 21.7. The Kier molecular flexibility index (Phi) is 7.96.